The first-order valence-electron chi connectivity index (χ1n) is 14.5. The third-order valence-corrected chi connectivity index (χ3v) is 12.1. The van der Waals surface area contributed by atoms with Gasteiger partial charge in [0.05, 0.1) is 4.88 Å². The number of H-pyrrole nitrogens is 1. The maximum Gasteiger partial charge on any atom is 0.311 e. The predicted octanol–water partition coefficient (Wildman–Crippen LogP) is 7.44. The second-order valence-electron chi connectivity index (χ2n) is 11.5. The van der Waals surface area contributed by atoms with Crippen LogP contribution in [0.5, 0.6) is 23.1 Å². The fourth-order valence-corrected chi connectivity index (χ4v) is 9.29. The smallest absolute Gasteiger partial charge is 0.311 e. The highest BCUT2D eigenvalue weighted by molar-refractivity contribution is 8.77. The molecular weight excluding hydrogens is 591 g/mol. The van der Waals surface area contributed by atoms with Gasteiger partial charge in [0.25, 0.3) is 0 Å². The van der Waals surface area contributed by atoms with Gasteiger partial charge in [0, 0.05) is 29.4 Å². The summed E-state index contributed by atoms with van der Waals surface area (Å²) in [6, 6.07) is 7.67. The molecule has 1 aromatic heterocycles. The van der Waals surface area contributed by atoms with Gasteiger partial charge in [0.15, 0.2) is 0 Å². The largest absolute Gasteiger partial charge is 0.494 e. The summed E-state index contributed by atoms with van der Waals surface area (Å²) in [6.07, 6.45) is 6.89. The summed E-state index contributed by atoms with van der Waals surface area (Å²) < 4.78 is 18.7. The van der Waals surface area contributed by atoms with Crippen LogP contribution in [0.4, 0.5) is 0 Å². The minimum absolute atomic E-state index is 0.0671. The van der Waals surface area contributed by atoms with Crippen LogP contribution in [0.25, 0.3) is 0 Å². The van der Waals surface area contributed by atoms with Crippen LogP contribution in [-0.4, -0.2) is 39.3 Å². The Morgan fingerprint density at radius 1 is 1.14 bits per heavy atom. The summed E-state index contributed by atoms with van der Waals surface area (Å²) in [4.78, 5) is 26.9. The molecule has 1 fully saturated rings. The van der Waals surface area contributed by atoms with Gasteiger partial charge in [-0.2, -0.15) is 0 Å². The maximum atomic E-state index is 12.7. The van der Waals surface area contributed by atoms with E-state index in [2.05, 4.69) is 11.9 Å². The minimum Gasteiger partial charge on any atom is -0.494 e. The van der Waals surface area contributed by atoms with E-state index in [0.29, 0.717) is 30.1 Å². The number of nitrogens with one attached hydrogen (secondary N) is 1. The number of esters is 1. The fraction of sp³-hybridized carbons (Fsp3) is 0.500. The molecule has 42 heavy (non-hydrogen) atoms. The van der Waals surface area contributed by atoms with Gasteiger partial charge >= 0.3 is 10.8 Å². The molecule has 3 heterocycles. The topological polar surface area (TPSA) is 97.9 Å². The van der Waals surface area contributed by atoms with E-state index in [-0.39, 0.29) is 16.7 Å². The van der Waals surface area contributed by atoms with Crippen LogP contribution in [-0.2, 0) is 17.6 Å². The van der Waals surface area contributed by atoms with E-state index in [9.17, 15) is 14.7 Å². The Morgan fingerprint density at radius 2 is 1.93 bits per heavy atom. The van der Waals surface area contributed by atoms with E-state index in [1.807, 2.05) is 66.6 Å². The lowest BCUT2D eigenvalue weighted by molar-refractivity contribution is -0.134. The zero-order valence-electron chi connectivity index (χ0n) is 24.7. The van der Waals surface area contributed by atoms with Gasteiger partial charge in [-0.25, -0.2) is 0 Å². The number of hydrogen-bond acceptors (Lipinski definition) is 9. The number of aromatic nitrogens is 1. The molecule has 7 nitrogen and oxygen atoms in total. The van der Waals surface area contributed by atoms with Crippen molar-refractivity contribution in [3.8, 4) is 23.1 Å². The Morgan fingerprint density at radius 3 is 2.62 bits per heavy atom. The molecule has 2 aromatic carbocycles. The van der Waals surface area contributed by atoms with Crippen LogP contribution in [0.2, 0.25) is 0 Å². The zero-order valence-corrected chi connectivity index (χ0v) is 27.1. The third kappa shape index (κ3) is 7.32. The Labute approximate surface area is 259 Å². The normalized spacial score (nSPS) is 19.8. The van der Waals surface area contributed by atoms with E-state index < -0.39 is 5.60 Å². The molecule has 5 rings (SSSR count). The van der Waals surface area contributed by atoms with Crippen molar-refractivity contribution in [1.29, 1.82) is 0 Å². The van der Waals surface area contributed by atoms with Gasteiger partial charge in [-0.3, -0.25) is 14.6 Å². The van der Waals surface area contributed by atoms with Gasteiger partial charge in [-0.05, 0) is 94.2 Å². The summed E-state index contributed by atoms with van der Waals surface area (Å²) in [5.41, 5.74) is 4.50. The molecule has 2 atom stereocenters. The summed E-state index contributed by atoms with van der Waals surface area (Å²) in [7, 11) is 3.95. The molecule has 3 aromatic rings. The molecule has 0 bridgehead atoms. The maximum absolute atomic E-state index is 12.7. The molecule has 0 aliphatic carbocycles. The van der Waals surface area contributed by atoms with Gasteiger partial charge in [0.1, 0.15) is 29.5 Å². The van der Waals surface area contributed by atoms with Crippen LogP contribution >= 0.6 is 32.9 Å². The van der Waals surface area contributed by atoms with Gasteiger partial charge in [-0.15, -0.1) is 0 Å². The molecule has 10 heteroatoms. The first kappa shape index (κ1) is 30.9. The number of aromatic amines is 1. The predicted molar refractivity (Wildman–Crippen MR) is 172 cm³/mol. The molecule has 1 saturated heterocycles. The second kappa shape index (κ2) is 13.4. The molecule has 0 spiro atoms. The number of fused-ring (bicyclic) bond motifs is 1. The van der Waals surface area contributed by atoms with Crippen LogP contribution in [0, 0.1) is 20.8 Å². The lowest BCUT2D eigenvalue weighted by atomic mass is 9.87. The summed E-state index contributed by atoms with van der Waals surface area (Å²) in [5, 5.41) is 10.6. The minimum atomic E-state index is -0.507. The standard InChI is InChI=1S/C32H39NO6S3/c1-19-20(2)29-25(21(3)28(19)38-27(34)8-6-5-7-24-14-16-40-42-24)13-15-32(4,39-29)18-37-23-11-9-22(10-12-23)17-26-30(35)33-31(36)41-26/h9-12,24,35H,5-8,13-18H2,1-4H3,(H,33,36). The second-order valence-corrected chi connectivity index (χ2v) is 15.4. The molecule has 2 aliphatic rings. The lowest BCUT2D eigenvalue weighted by Gasteiger charge is -2.37. The van der Waals surface area contributed by atoms with E-state index >= 15 is 0 Å². The van der Waals surface area contributed by atoms with Crippen LogP contribution < -0.4 is 19.1 Å². The molecular formula is C32H39NO6S3. The van der Waals surface area contributed by atoms with Crippen LogP contribution in [0.3, 0.4) is 0 Å². The number of aromatic hydroxyl groups is 1. The van der Waals surface area contributed by atoms with E-state index in [1.54, 1.807) is 0 Å². The summed E-state index contributed by atoms with van der Waals surface area (Å²) in [5.74, 6) is 3.30. The number of unbranched alkanes of at least 4 members (excludes halogenated alkanes) is 1. The molecule has 2 aliphatic heterocycles. The van der Waals surface area contributed by atoms with E-state index in [4.69, 9.17) is 14.2 Å². The molecule has 226 valence electrons. The molecule has 0 radical (unpaired) electrons. The third-order valence-electron chi connectivity index (χ3n) is 8.20. The average Bonchev–Trinajstić information content (AvgIpc) is 3.60. The lowest BCUT2D eigenvalue weighted by Crippen LogP contribution is -2.42. The highest BCUT2D eigenvalue weighted by Gasteiger charge is 2.36. The molecule has 0 amide bonds. The zero-order chi connectivity index (χ0) is 29.9. The quantitative estimate of drug-likeness (QED) is 0.0978. The Kier molecular flexibility index (Phi) is 9.84. The van der Waals surface area contributed by atoms with E-state index in [0.717, 1.165) is 81.6 Å². The highest BCUT2D eigenvalue weighted by atomic mass is 33.1. The van der Waals surface area contributed by atoms with Crippen molar-refractivity contribution in [1.82, 2.24) is 4.98 Å². The Hall–Kier alpha value is -2.56. The fourth-order valence-electron chi connectivity index (χ4n) is 5.50. The molecule has 2 N–H and O–H groups in total. The number of hydrogen-bond donors (Lipinski definition) is 2. The van der Waals surface area contributed by atoms with Crippen molar-refractivity contribution in [2.75, 3.05) is 12.4 Å². The monoisotopic (exact) mass is 629 g/mol. The number of rotatable bonds is 11. The van der Waals surface area contributed by atoms with Crippen molar-refractivity contribution < 1.29 is 24.1 Å². The molecule has 0 saturated carbocycles. The van der Waals surface area contributed by atoms with E-state index in [1.165, 1.54) is 18.6 Å². The van der Waals surface area contributed by atoms with Crippen molar-refractivity contribution in [3.05, 3.63) is 66.6 Å². The highest BCUT2D eigenvalue weighted by Crippen LogP contribution is 2.44. The van der Waals surface area contributed by atoms with Gasteiger partial charge in [-0.1, -0.05) is 51.5 Å². The number of carbonyl (C=O) groups excluding carboxylic acids is 1. The van der Waals surface area contributed by atoms with Gasteiger partial charge in [0.2, 0.25) is 5.88 Å². The van der Waals surface area contributed by atoms with Crippen molar-refractivity contribution in [3.63, 3.8) is 0 Å². The van der Waals surface area contributed by atoms with Crippen LogP contribution in [0.1, 0.15) is 78.1 Å². The average molecular weight is 630 g/mol. The van der Waals surface area contributed by atoms with Gasteiger partial charge < -0.3 is 19.3 Å². The van der Waals surface area contributed by atoms with Crippen molar-refractivity contribution >= 4 is 38.9 Å². The summed E-state index contributed by atoms with van der Waals surface area (Å²) >= 11 is 1.02. The van der Waals surface area contributed by atoms with Crippen molar-refractivity contribution in [2.45, 2.75) is 89.9 Å². The summed E-state index contributed by atoms with van der Waals surface area (Å²) in [6.45, 7) is 8.52. The number of ether oxygens (including phenoxy) is 3. The Bertz CT molecular complexity index is 1470. The first-order valence-corrected chi connectivity index (χ1v) is 17.7. The van der Waals surface area contributed by atoms with Crippen molar-refractivity contribution in [2.24, 2.45) is 0 Å². The Balaban J connectivity index is 1.17. The number of carbonyl (C=O) groups is 1. The number of thiazole rings is 1. The first-order chi connectivity index (χ1) is 20.1. The van der Waals surface area contributed by atoms with Crippen LogP contribution in [0.15, 0.2) is 29.1 Å². The number of benzene rings is 2. The SMILES string of the molecule is Cc1c(C)c2c(c(C)c1OC(=O)CCCCC1CCSS1)CCC(C)(COc1ccc(Cc3sc(=O)[nH]c3O)cc1)O2. The molecule has 2 unspecified atom stereocenters.